The summed E-state index contributed by atoms with van der Waals surface area (Å²) in [6, 6.07) is 3.06. The minimum atomic E-state index is -0.364. The van der Waals surface area contributed by atoms with Gasteiger partial charge in [0, 0.05) is 12.6 Å². The Morgan fingerprint density at radius 2 is 2.29 bits per heavy atom. The van der Waals surface area contributed by atoms with Gasteiger partial charge in [0.1, 0.15) is 18.2 Å². The van der Waals surface area contributed by atoms with Crippen LogP contribution in [0.3, 0.4) is 0 Å². The standard InChI is InChI=1S/C14H16ClFIN3O/c1-3-4-18-13(21)7-20-12-5-9(16)10(17)6-11(12)19-14(20)8(2)15/h5-6,8H,3-4,7H2,1-2H3,(H,18,21). The topological polar surface area (TPSA) is 46.9 Å². The van der Waals surface area contributed by atoms with Crippen LogP contribution in [-0.2, 0) is 11.3 Å². The molecular formula is C14H16ClFIN3O. The second kappa shape index (κ2) is 6.91. The quantitative estimate of drug-likeness (QED) is 0.590. The van der Waals surface area contributed by atoms with Crippen molar-refractivity contribution in [2.45, 2.75) is 32.2 Å². The van der Waals surface area contributed by atoms with Crippen molar-refractivity contribution in [3.05, 3.63) is 27.3 Å². The van der Waals surface area contributed by atoms with Crippen LogP contribution in [0.4, 0.5) is 4.39 Å². The lowest BCUT2D eigenvalue weighted by atomic mass is 10.3. The maximum atomic E-state index is 13.8. The zero-order valence-electron chi connectivity index (χ0n) is 11.8. The molecule has 21 heavy (non-hydrogen) atoms. The van der Waals surface area contributed by atoms with Crippen LogP contribution in [0.2, 0.25) is 0 Å². The number of imidazole rings is 1. The van der Waals surface area contributed by atoms with Gasteiger partial charge < -0.3 is 9.88 Å². The Bertz CT molecular complexity index is 672. The first-order valence-corrected chi connectivity index (χ1v) is 8.21. The molecule has 1 aromatic heterocycles. The highest BCUT2D eigenvalue weighted by Crippen LogP contribution is 2.27. The predicted octanol–water partition coefficient (Wildman–Crippen LogP) is 3.61. The third-order valence-electron chi connectivity index (χ3n) is 3.05. The zero-order valence-corrected chi connectivity index (χ0v) is 14.7. The van der Waals surface area contributed by atoms with Crippen LogP contribution in [0.1, 0.15) is 31.5 Å². The van der Waals surface area contributed by atoms with Crippen LogP contribution in [0.15, 0.2) is 12.1 Å². The molecule has 1 atom stereocenters. The lowest BCUT2D eigenvalue weighted by molar-refractivity contribution is -0.121. The third-order valence-corrected chi connectivity index (χ3v) is 4.07. The average molecular weight is 424 g/mol. The lowest BCUT2D eigenvalue weighted by Gasteiger charge is -2.10. The van der Waals surface area contributed by atoms with E-state index in [2.05, 4.69) is 10.3 Å². The van der Waals surface area contributed by atoms with E-state index in [0.29, 0.717) is 27.0 Å². The summed E-state index contributed by atoms with van der Waals surface area (Å²) in [5.74, 6) is 0.111. The normalized spacial score (nSPS) is 12.6. The van der Waals surface area contributed by atoms with Gasteiger partial charge in [0.25, 0.3) is 0 Å². The molecule has 1 N–H and O–H groups in total. The van der Waals surface area contributed by atoms with Crippen molar-refractivity contribution in [2.75, 3.05) is 6.54 Å². The van der Waals surface area contributed by atoms with E-state index in [0.717, 1.165) is 6.42 Å². The third kappa shape index (κ3) is 3.66. The van der Waals surface area contributed by atoms with E-state index < -0.39 is 0 Å². The summed E-state index contributed by atoms with van der Waals surface area (Å²) in [6.07, 6.45) is 0.863. The molecule has 0 saturated heterocycles. The molecule has 1 unspecified atom stereocenters. The van der Waals surface area contributed by atoms with Gasteiger partial charge in [0.2, 0.25) is 5.91 Å². The molecule has 0 aliphatic carbocycles. The summed E-state index contributed by atoms with van der Waals surface area (Å²) in [6.45, 7) is 4.47. The minimum Gasteiger partial charge on any atom is -0.355 e. The number of carbonyl (C=O) groups is 1. The largest absolute Gasteiger partial charge is 0.355 e. The van der Waals surface area contributed by atoms with Gasteiger partial charge in [-0.25, -0.2) is 9.37 Å². The molecule has 0 saturated carbocycles. The molecular weight excluding hydrogens is 408 g/mol. The van der Waals surface area contributed by atoms with Gasteiger partial charge in [-0.1, -0.05) is 6.92 Å². The summed E-state index contributed by atoms with van der Waals surface area (Å²) < 4.78 is 16.0. The predicted molar refractivity (Wildman–Crippen MR) is 90.0 cm³/mol. The minimum absolute atomic E-state index is 0.0862. The van der Waals surface area contributed by atoms with E-state index in [9.17, 15) is 9.18 Å². The zero-order chi connectivity index (χ0) is 15.6. The van der Waals surface area contributed by atoms with Crippen molar-refractivity contribution < 1.29 is 9.18 Å². The number of fused-ring (bicyclic) bond motifs is 1. The van der Waals surface area contributed by atoms with Crippen molar-refractivity contribution in [3.8, 4) is 0 Å². The highest BCUT2D eigenvalue weighted by Gasteiger charge is 2.18. The second-order valence-electron chi connectivity index (χ2n) is 4.78. The number of carbonyl (C=O) groups excluding carboxylic acids is 1. The van der Waals surface area contributed by atoms with Gasteiger partial charge in [-0.3, -0.25) is 4.79 Å². The van der Waals surface area contributed by atoms with Crippen LogP contribution in [0, 0.1) is 9.39 Å². The monoisotopic (exact) mass is 423 g/mol. The Hall–Kier alpha value is -0.890. The first-order chi connectivity index (χ1) is 9.93. The van der Waals surface area contributed by atoms with Gasteiger partial charge in [0.15, 0.2) is 0 Å². The van der Waals surface area contributed by atoms with E-state index in [1.165, 1.54) is 6.07 Å². The summed E-state index contributed by atoms with van der Waals surface area (Å²) >= 11 is 8.05. The summed E-state index contributed by atoms with van der Waals surface area (Å²) in [5, 5.41) is 2.44. The molecule has 0 fully saturated rings. The van der Waals surface area contributed by atoms with E-state index >= 15 is 0 Å². The first-order valence-electron chi connectivity index (χ1n) is 6.70. The lowest BCUT2D eigenvalue weighted by Crippen LogP contribution is -2.28. The smallest absolute Gasteiger partial charge is 0.240 e. The highest BCUT2D eigenvalue weighted by molar-refractivity contribution is 14.1. The number of hydrogen-bond acceptors (Lipinski definition) is 2. The van der Waals surface area contributed by atoms with Crippen molar-refractivity contribution in [1.82, 2.24) is 14.9 Å². The number of hydrogen-bond donors (Lipinski definition) is 1. The molecule has 1 amide bonds. The number of benzene rings is 1. The number of nitrogens with zero attached hydrogens (tertiary/aromatic N) is 2. The molecule has 1 aromatic carbocycles. The Labute approximate surface area is 141 Å². The molecule has 0 aliphatic rings. The van der Waals surface area contributed by atoms with Gasteiger partial charge in [-0.2, -0.15) is 0 Å². The molecule has 114 valence electrons. The van der Waals surface area contributed by atoms with Crippen LogP contribution < -0.4 is 5.32 Å². The van der Waals surface area contributed by atoms with Crippen molar-refractivity contribution in [1.29, 1.82) is 0 Å². The number of alkyl halides is 1. The fourth-order valence-corrected chi connectivity index (χ4v) is 2.69. The fourth-order valence-electron chi connectivity index (χ4n) is 2.07. The maximum absolute atomic E-state index is 13.8. The van der Waals surface area contributed by atoms with E-state index in [1.54, 1.807) is 17.6 Å². The average Bonchev–Trinajstić information content (AvgIpc) is 2.75. The number of rotatable bonds is 5. The van der Waals surface area contributed by atoms with E-state index in [4.69, 9.17) is 11.6 Å². The molecule has 1 heterocycles. The summed E-state index contributed by atoms with van der Waals surface area (Å²) in [4.78, 5) is 16.4. The van der Waals surface area contributed by atoms with Crippen LogP contribution >= 0.6 is 34.2 Å². The van der Waals surface area contributed by atoms with E-state index in [-0.39, 0.29) is 23.6 Å². The fraction of sp³-hybridized carbons (Fsp3) is 0.429. The molecule has 2 aromatic rings. The molecule has 0 bridgehead atoms. The van der Waals surface area contributed by atoms with Crippen molar-refractivity contribution in [2.24, 2.45) is 0 Å². The number of aromatic nitrogens is 2. The highest BCUT2D eigenvalue weighted by atomic mass is 127. The molecule has 2 rings (SSSR count). The van der Waals surface area contributed by atoms with Gasteiger partial charge in [-0.15, -0.1) is 11.6 Å². The number of nitrogens with one attached hydrogen (secondary N) is 1. The molecule has 4 nitrogen and oxygen atoms in total. The van der Waals surface area contributed by atoms with Crippen molar-refractivity contribution in [3.63, 3.8) is 0 Å². The SMILES string of the molecule is CCCNC(=O)Cn1c(C(C)Cl)nc2cc(I)c(F)cc21. The molecule has 0 spiro atoms. The first kappa shape index (κ1) is 16.5. The van der Waals surface area contributed by atoms with Crippen LogP contribution in [0.25, 0.3) is 11.0 Å². The Morgan fingerprint density at radius 3 is 2.90 bits per heavy atom. The molecule has 0 radical (unpaired) electrons. The van der Waals surface area contributed by atoms with Crippen LogP contribution in [-0.4, -0.2) is 22.0 Å². The van der Waals surface area contributed by atoms with E-state index in [1.807, 2.05) is 29.5 Å². The number of amides is 1. The second-order valence-corrected chi connectivity index (χ2v) is 6.59. The van der Waals surface area contributed by atoms with Gasteiger partial charge in [-0.05, 0) is 42.0 Å². The van der Waals surface area contributed by atoms with Crippen molar-refractivity contribution >= 4 is 51.1 Å². The summed E-state index contributed by atoms with van der Waals surface area (Å²) in [7, 11) is 0. The Kier molecular flexibility index (Phi) is 5.43. The Morgan fingerprint density at radius 1 is 1.57 bits per heavy atom. The molecule has 7 heteroatoms. The molecule has 0 aliphatic heterocycles. The van der Waals surface area contributed by atoms with Gasteiger partial charge in [0.05, 0.1) is 20.0 Å². The van der Waals surface area contributed by atoms with Gasteiger partial charge >= 0.3 is 0 Å². The Balaban J connectivity index is 2.45. The summed E-state index contributed by atoms with van der Waals surface area (Å²) in [5.41, 5.74) is 1.23. The maximum Gasteiger partial charge on any atom is 0.240 e. The number of halogens is 3. The van der Waals surface area contributed by atoms with Crippen LogP contribution in [0.5, 0.6) is 0 Å².